The SMILES string of the molecule is Cc1nc(Nc2nc(C3CC3)cs2)ccc1N. The molecule has 0 saturated heterocycles. The predicted molar refractivity (Wildman–Crippen MR) is 70.8 cm³/mol. The second-order valence-electron chi connectivity index (χ2n) is 4.35. The van der Waals surface area contributed by atoms with Gasteiger partial charge in [0.2, 0.25) is 0 Å². The van der Waals surface area contributed by atoms with E-state index in [0.29, 0.717) is 11.6 Å². The van der Waals surface area contributed by atoms with Crippen molar-refractivity contribution in [2.45, 2.75) is 25.7 Å². The quantitative estimate of drug-likeness (QED) is 0.873. The maximum absolute atomic E-state index is 5.73. The third-order valence-electron chi connectivity index (χ3n) is 2.88. The number of rotatable bonds is 3. The maximum Gasteiger partial charge on any atom is 0.188 e. The number of nitrogen functional groups attached to an aromatic ring is 1. The minimum atomic E-state index is 0.697. The fourth-order valence-electron chi connectivity index (χ4n) is 1.66. The minimum Gasteiger partial charge on any atom is -0.397 e. The standard InChI is InChI=1S/C12H14N4S/c1-7-9(13)4-5-11(14-7)16-12-15-10(6-17-12)8-2-3-8/h4-6,8H,2-3,13H2,1H3,(H,14,15,16). The second-order valence-corrected chi connectivity index (χ2v) is 5.21. The van der Waals surface area contributed by atoms with Crippen LogP contribution in [0.25, 0.3) is 0 Å². The number of nitrogens with one attached hydrogen (secondary N) is 1. The van der Waals surface area contributed by atoms with Gasteiger partial charge in [0.25, 0.3) is 0 Å². The molecule has 5 heteroatoms. The Hall–Kier alpha value is -1.62. The van der Waals surface area contributed by atoms with Gasteiger partial charge in [-0.3, -0.25) is 0 Å². The van der Waals surface area contributed by atoms with Crippen LogP contribution in [0.5, 0.6) is 0 Å². The highest BCUT2D eigenvalue weighted by molar-refractivity contribution is 7.13. The Bertz CT molecular complexity index is 545. The monoisotopic (exact) mass is 246 g/mol. The largest absolute Gasteiger partial charge is 0.397 e. The van der Waals surface area contributed by atoms with Crippen LogP contribution in [0.3, 0.4) is 0 Å². The molecule has 3 N–H and O–H groups in total. The summed E-state index contributed by atoms with van der Waals surface area (Å²) in [5.74, 6) is 1.50. The first-order valence-corrected chi connectivity index (χ1v) is 6.56. The Labute approximate surface area is 104 Å². The van der Waals surface area contributed by atoms with E-state index < -0.39 is 0 Å². The number of thiazole rings is 1. The summed E-state index contributed by atoms with van der Waals surface area (Å²) in [7, 11) is 0. The fraction of sp³-hybridized carbons (Fsp3) is 0.333. The van der Waals surface area contributed by atoms with Crippen LogP contribution in [0.4, 0.5) is 16.6 Å². The molecule has 0 aromatic carbocycles. The van der Waals surface area contributed by atoms with Gasteiger partial charge in [-0.2, -0.15) is 0 Å². The molecule has 1 aliphatic carbocycles. The summed E-state index contributed by atoms with van der Waals surface area (Å²) >= 11 is 1.63. The van der Waals surface area contributed by atoms with Gasteiger partial charge in [-0.25, -0.2) is 9.97 Å². The highest BCUT2D eigenvalue weighted by Gasteiger charge is 2.26. The summed E-state index contributed by atoms with van der Waals surface area (Å²) in [6.07, 6.45) is 2.56. The van der Waals surface area contributed by atoms with Crippen LogP contribution in [0.15, 0.2) is 17.5 Å². The van der Waals surface area contributed by atoms with Crippen molar-refractivity contribution in [1.82, 2.24) is 9.97 Å². The molecule has 2 heterocycles. The normalized spacial score (nSPS) is 14.9. The first-order chi connectivity index (χ1) is 8.22. The summed E-state index contributed by atoms with van der Waals surface area (Å²) < 4.78 is 0. The molecule has 0 spiro atoms. The van der Waals surface area contributed by atoms with E-state index in [1.165, 1.54) is 18.5 Å². The molecule has 1 aliphatic rings. The van der Waals surface area contributed by atoms with Crippen molar-refractivity contribution in [1.29, 1.82) is 0 Å². The molecule has 88 valence electrons. The predicted octanol–water partition coefficient (Wildman–Crippen LogP) is 3.05. The van der Waals surface area contributed by atoms with E-state index in [9.17, 15) is 0 Å². The fourth-order valence-corrected chi connectivity index (χ4v) is 2.46. The average Bonchev–Trinajstić information content (AvgIpc) is 3.06. The molecular weight excluding hydrogens is 232 g/mol. The molecule has 2 aromatic heterocycles. The molecule has 4 nitrogen and oxygen atoms in total. The van der Waals surface area contributed by atoms with Crippen molar-refractivity contribution in [3.8, 4) is 0 Å². The number of nitrogens with zero attached hydrogens (tertiary/aromatic N) is 2. The zero-order valence-electron chi connectivity index (χ0n) is 9.60. The first kappa shape index (κ1) is 10.5. The molecule has 2 aromatic rings. The summed E-state index contributed by atoms with van der Waals surface area (Å²) in [5.41, 5.74) is 8.50. The molecule has 0 atom stereocenters. The van der Waals surface area contributed by atoms with Gasteiger partial charge >= 0.3 is 0 Å². The molecule has 0 aliphatic heterocycles. The van der Waals surface area contributed by atoms with Crippen LogP contribution in [0, 0.1) is 6.92 Å². The molecule has 0 unspecified atom stereocenters. The molecular formula is C12H14N4S. The van der Waals surface area contributed by atoms with E-state index in [-0.39, 0.29) is 0 Å². The highest BCUT2D eigenvalue weighted by atomic mass is 32.1. The van der Waals surface area contributed by atoms with Crippen LogP contribution in [-0.2, 0) is 0 Å². The number of aromatic nitrogens is 2. The third-order valence-corrected chi connectivity index (χ3v) is 3.66. The van der Waals surface area contributed by atoms with Gasteiger partial charge in [-0.1, -0.05) is 0 Å². The van der Waals surface area contributed by atoms with Crippen molar-refractivity contribution in [3.63, 3.8) is 0 Å². The van der Waals surface area contributed by atoms with Gasteiger partial charge in [-0.05, 0) is 31.9 Å². The summed E-state index contributed by atoms with van der Waals surface area (Å²) in [5, 5.41) is 6.25. The summed E-state index contributed by atoms with van der Waals surface area (Å²) in [6.45, 7) is 1.90. The number of hydrogen-bond acceptors (Lipinski definition) is 5. The van der Waals surface area contributed by atoms with Gasteiger partial charge in [0.05, 0.1) is 17.1 Å². The third kappa shape index (κ3) is 2.24. The van der Waals surface area contributed by atoms with Gasteiger partial charge in [-0.15, -0.1) is 11.3 Å². The molecule has 3 rings (SSSR count). The van der Waals surface area contributed by atoms with Crippen LogP contribution < -0.4 is 11.1 Å². The van der Waals surface area contributed by atoms with Crippen LogP contribution in [0.2, 0.25) is 0 Å². The smallest absolute Gasteiger partial charge is 0.188 e. The zero-order chi connectivity index (χ0) is 11.8. The molecule has 1 saturated carbocycles. The summed E-state index contributed by atoms with van der Waals surface area (Å²) in [4.78, 5) is 8.92. The molecule has 0 amide bonds. The Morgan fingerprint density at radius 2 is 2.18 bits per heavy atom. The number of nitrogens with two attached hydrogens (primary N) is 1. The van der Waals surface area contributed by atoms with Gasteiger partial charge in [0, 0.05) is 11.3 Å². The van der Waals surface area contributed by atoms with Crippen molar-refractivity contribution >= 4 is 28.0 Å². The van der Waals surface area contributed by atoms with E-state index in [1.54, 1.807) is 11.3 Å². The van der Waals surface area contributed by atoms with Crippen LogP contribution >= 0.6 is 11.3 Å². The van der Waals surface area contributed by atoms with E-state index >= 15 is 0 Å². The summed E-state index contributed by atoms with van der Waals surface area (Å²) in [6, 6.07) is 3.74. The van der Waals surface area contributed by atoms with E-state index in [0.717, 1.165) is 16.6 Å². The topological polar surface area (TPSA) is 63.8 Å². The number of hydrogen-bond donors (Lipinski definition) is 2. The average molecular weight is 246 g/mol. The van der Waals surface area contributed by atoms with Crippen molar-refractivity contribution < 1.29 is 0 Å². The lowest BCUT2D eigenvalue weighted by atomic mass is 10.3. The second kappa shape index (κ2) is 4.00. The number of pyridine rings is 1. The lowest BCUT2D eigenvalue weighted by Crippen LogP contribution is -1.98. The van der Waals surface area contributed by atoms with Crippen LogP contribution in [0.1, 0.15) is 30.1 Å². The minimum absolute atomic E-state index is 0.697. The Kier molecular flexibility index (Phi) is 2.48. The Balaban J connectivity index is 1.78. The Morgan fingerprint density at radius 1 is 1.35 bits per heavy atom. The van der Waals surface area contributed by atoms with Crippen molar-refractivity contribution in [3.05, 3.63) is 28.9 Å². The number of anilines is 3. The van der Waals surface area contributed by atoms with Gasteiger partial charge < -0.3 is 11.1 Å². The van der Waals surface area contributed by atoms with E-state index in [1.807, 2.05) is 19.1 Å². The van der Waals surface area contributed by atoms with Gasteiger partial charge in [0.1, 0.15) is 5.82 Å². The van der Waals surface area contributed by atoms with E-state index in [4.69, 9.17) is 5.73 Å². The van der Waals surface area contributed by atoms with Crippen molar-refractivity contribution in [2.24, 2.45) is 0 Å². The molecule has 0 bridgehead atoms. The van der Waals surface area contributed by atoms with Crippen molar-refractivity contribution in [2.75, 3.05) is 11.1 Å². The lowest BCUT2D eigenvalue weighted by molar-refractivity contribution is 1.05. The molecule has 0 radical (unpaired) electrons. The number of aryl methyl sites for hydroxylation is 1. The highest BCUT2D eigenvalue weighted by Crippen LogP contribution is 2.41. The maximum atomic E-state index is 5.73. The lowest BCUT2D eigenvalue weighted by Gasteiger charge is -2.04. The van der Waals surface area contributed by atoms with E-state index in [2.05, 4.69) is 20.7 Å². The molecule has 17 heavy (non-hydrogen) atoms. The first-order valence-electron chi connectivity index (χ1n) is 5.68. The molecule has 1 fully saturated rings. The Morgan fingerprint density at radius 3 is 2.88 bits per heavy atom. The van der Waals surface area contributed by atoms with Crippen LogP contribution in [-0.4, -0.2) is 9.97 Å². The zero-order valence-corrected chi connectivity index (χ0v) is 10.4. The van der Waals surface area contributed by atoms with Gasteiger partial charge in [0.15, 0.2) is 5.13 Å².